The van der Waals surface area contributed by atoms with E-state index >= 15 is 0 Å². The van der Waals surface area contributed by atoms with Gasteiger partial charge < -0.3 is 23.3 Å². The van der Waals surface area contributed by atoms with E-state index in [0.717, 1.165) is 166 Å². The molecule has 0 unspecified atom stereocenters. The Bertz CT molecular complexity index is 7280. The van der Waals surface area contributed by atoms with Crippen molar-refractivity contribution in [2.24, 2.45) is 0 Å². The Labute approximate surface area is 624 Å². The van der Waals surface area contributed by atoms with Crippen LogP contribution in [0.15, 0.2) is 358 Å². The van der Waals surface area contributed by atoms with Gasteiger partial charge in [0.25, 0.3) is 6.71 Å². The summed E-state index contributed by atoms with van der Waals surface area (Å²) in [6.07, 6.45) is 0. The molecule has 496 valence electrons. The molecule has 0 saturated carbocycles. The molecule has 0 saturated heterocycles. The summed E-state index contributed by atoms with van der Waals surface area (Å²) in [5, 5.41) is 6.29. The Morgan fingerprint density at radius 2 is 0.726 bits per heavy atom. The third kappa shape index (κ3) is 8.73. The van der Waals surface area contributed by atoms with Crippen LogP contribution in [0.5, 0.6) is 0 Å². The van der Waals surface area contributed by atoms with Crippen molar-refractivity contribution in [2.45, 2.75) is 26.2 Å². The van der Waals surface area contributed by atoms with E-state index in [2.05, 4.69) is 302 Å². The molecule has 22 rings (SSSR count). The fourth-order valence-corrected chi connectivity index (χ4v) is 18.0. The van der Waals surface area contributed by atoms with Crippen LogP contribution in [-0.2, 0) is 5.41 Å². The van der Waals surface area contributed by atoms with Crippen LogP contribution < -0.4 is 26.2 Å². The normalized spacial score (nSPS) is 13.7. The smallest absolute Gasteiger partial charge is 0.252 e. The first-order chi connectivity index (χ1) is 55.2. The second-order valence-corrected chi connectivity index (χ2v) is 29.3. The molecule has 0 atom stereocenters. The molecular formula is C100H68BN5. The maximum absolute atomic E-state index is 11.0. The molecular weight excluding hydrogens is 1280 g/mol. The van der Waals surface area contributed by atoms with Crippen molar-refractivity contribution in [3.05, 3.63) is 363 Å². The quantitative estimate of drug-likeness (QED) is 0.134. The topological polar surface area (TPSA) is 20.8 Å². The fourth-order valence-electron chi connectivity index (χ4n) is 18.0. The van der Waals surface area contributed by atoms with Gasteiger partial charge in [0.05, 0.1) is 71.0 Å². The molecule has 0 amide bonds. The molecule has 0 bridgehead atoms. The number of hydrogen-bond donors (Lipinski definition) is 0. The zero-order chi connectivity index (χ0) is 76.1. The first kappa shape index (κ1) is 53.4. The van der Waals surface area contributed by atoms with Gasteiger partial charge in [0.2, 0.25) is 0 Å². The van der Waals surface area contributed by atoms with Crippen molar-refractivity contribution in [1.82, 2.24) is 13.5 Å². The summed E-state index contributed by atoms with van der Waals surface area (Å²) in [4.78, 5) is 5.19. The van der Waals surface area contributed by atoms with Crippen LogP contribution in [0.1, 0.15) is 35.9 Å². The van der Waals surface area contributed by atoms with Crippen molar-refractivity contribution in [2.75, 3.05) is 9.80 Å². The van der Waals surface area contributed by atoms with Gasteiger partial charge in [-0.3, -0.25) is 0 Å². The summed E-state index contributed by atoms with van der Waals surface area (Å²) in [5.74, 6) is 0. The number of anilines is 6. The standard InChI is InChI=1S/C100H68BN5/c1-100(2,3)69-38-26-37-67(59-69)68-53-57-82-90(60-68)105(95-72(63-29-8-4-9-30-63)44-27-45-73(95)64-31-10-5-11-32-64)98-92-80-42-19-24-51-87(80)104-88-52-25-20-43-81(88)93(97(92)104)99-94(98)101(82)83-58-55-71(62-91(83)106(99)96-74(65-33-12-6-13-34-65)46-28-47-75(96)66-35-14-7-15-36-66)103-86-50-23-18-41-78(86)79-56-54-70(61-89(79)103)102-84-48-21-16-39-76(84)77-40-17-22-49-85(77)102/h4-62H,1-3H3/i18D,23D,41D,50D,54D,56D,61D. The highest BCUT2D eigenvalue weighted by molar-refractivity contribution is 7.01. The van der Waals surface area contributed by atoms with Crippen molar-refractivity contribution in [3.63, 3.8) is 0 Å². The van der Waals surface area contributed by atoms with Crippen molar-refractivity contribution in [3.8, 4) is 67.0 Å². The van der Waals surface area contributed by atoms with E-state index in [4.69, 9.17) is 0 Å². The van der Waals surface area contributed by atoms with Gasteiger partial charge in [0.1, 0.15) is 0 Å². The van der Waals surface area contributed by atoms with Crippen LogP contribution in [0.3, 0.4) is 0 Å². The minimum absolute atomic E-state index is 0.0629. The van der Waals surface area contributed by atoms with Crippen molar-refractivity contribution >= 4 is 139 Å². The highest BCUT2D eigenvalue weighted by atomic mass is 15.2. The average molecular weight is 1360 g/mol. The first-order valence-electron chi connectivity index (χ1n) is 40.0. The van der Waals surface area contributed by atoms with E-state index in [1.807, 2.05) is 57.7 Å². The molecule has 2 aliphatic rings. The molecule has 16 aromatic carbocycles. The van der Waals surface area contributed by atoms with Gasteiger partial charge in [-0.2, -0.15) is 0 Å². The van der Waals surface area contributed by atoms with E-state index in [1.54, 1.807) is 0 Å². The van der Waals surface area contributed by atoms with E-state index in [0.29, 0.717) is 5.69 Å². The maximum Gasteiger partial charge on any atom is 0.252 e. The van der Waals surface area contributed by atoms with Crippen LogP contribution in [0.4, 0.5) is 34.1 Å². The Morgan fingerprint density at radius 1 is 0.302 bits per heavy atom. The predicted molar refractivity (Wildman–Crippen MR) is 450 cm³/mol. The Hall–Kier alpha value is -13.4. The van der Waals surface area contributed by atoms with Crippen LogP contribution in [0, 0.1) is 0 Å². The van der Waals surface area contributed by atoms with Crippen molar-refractivity contribution < 1.29 is 9.60 Å². The van der Waals surface area contributed by atoms with E-state index in [1.165, 1.54) is 5.56 Å². The number of aromatic nitrogens is 3. The fraction of sp³-hybridized carbons (Fsp3) is 0.0400. The molecule has 20 aromatic rings. The molecule has 6 heterocycles. The highest BCUT2D eigenvalue weighted by Crippen LogP contribution is 2.59. The van der Waals surface area contributed by atoms with E-state index in [9.17, 15) is 9.60 Å². The van der Waals surface area contributed by atoms with Crippen LogP contribution in [-0.4, -0.2) is 20.2 Å². The number of rotatable bonds is 9. The van der Waals surface area contributed by atoms with Gasteiger partial charge in [-0.25, -0.2) is 0 Å². The summed E-state index contributed by atoms with van der Waals surface area (Å²) in [5.41, 5.74) is 25.7. The Kier molecular flexibility index (Phi) is 11.6. The Morgan fingerprint density at radius 3 is 1.25 bits per heavy atom. The zero-order valence-corrected chi connectivity index (χ0v) is 58.3. The monoisotopic (exact) mass is 1360 g/mol. The molecule has 0 N–H and O–H groups in total. The first-order valence-corrected chi connectivity index (χ1v) is 36.5. The minimum atomic E-state index is -0.528. The number of fused-ring (bicyclic) bond motifs is 18. The van der Waals surface area contributed by atoms with Gasteiger partial charge in [-0.05, 0) is 121 Å². The largest absolute Gasteiger partial charge is 0.309 e. The van der Waals surface area contributed by atoms with Gasteiger partial charge in [-0.15, -0.1) is 0 Å². The summed E-state index contributed by atoms with van der Waals surface area (Å²) in [6.45, 7) is 6.29. The highest BCUT2D eigenvalue weighted by Gasteiger charge is 2.48. The maximum atomic E-state index is 11.0. The summed E-state index contributed by atoms with van der Waals surface area (Å²) in [6, 6.07) is 110. The molecule has 0 aliphatic carbocycles. The second-order valence-electron chi connectivity index (χ2n) is 29.3. The van der Waals surface area contributed by atoms with Gasteiger partial charge in [0, 0.05) is 88.1 Å². The van der Waals surface area contributed by atoms with Crippen LogP contribution in [0.25, 0.3) is 149 Å². The molecule has 0 radical (unpaired) electrons. The molecule has 6 heteroatoms. The number of nitrogens with zero attached hydrogens (tertiary/aromatic N) is 5. The van der Waals surface area contributed by atoms with Gasteiger partial charge in [0.15, 0.2) is 0 Å². The van der Waals surface area contributed by atoms with E-state index < -0.39 is 18.8 Å². The van der Waals surface area contributed by atoms with E-state index in [-0.39, 0.29) is 63.1 Å². The summed E-state index contributed by atoms with van der Waals surface area (Å²) >= 11 is 0. The lowest BCUT2D eigenvalue weighted by Crippen LogP contribution is -2.61. The summed E-state index contributed by atoms with van der Waals surface area (Å²) in [7, 11) is 0. The number of benzene rings is 16. The SMILES string of the molecule is [2H]c1c([2H])c([2H])c2c(c1[2H])c1c([2H])c([2H])c(-n3c4ccccc4c4ccccc43)c([2H])c1n2-c1ccc2c(c1)N(c1c(-c3ccccc3)cccc1-c1ccccc1)c1c3c(c4c5ccccc5n5c6ccccc6c1c45)N(c1c(-c4ccccc4)cccc1-c1ccccc1)c1cc(-c4cccc(C(C)(C)C)c4)ccc1B23. The predicted octanol–water partition coefficient (Wildman–Crippen LogP) is 24.7. The van der Waals surface area contributed by atoms with Gasteiger partial charge in [-0.1, -0.05) is 318 Å². The molecule has 106 heavy (non-hydrogen) atoms. The van der Waals surface area contributed by atoms with Crippen LogP contribution in [0.2, 0.25) is 0 Å². The molecule has 4 aromatic heterocycles. The lowest BCUT2D eigenvalue weighted by atomic mass is 9.33. The van der Waals surface area contributed by atoms with Gasteiger partial charge >= 0.3 is 0 Å². The zero-order valence-electron chi connectivity index (χ0n) is 65.3. The second kappa shape index (κ2) is 23.0. The minimum Gasteiger partial charge on any atom is -0.309 e. The van der Waals surface area contributed by atoms with Crippen LogP contribution >= 0.6 is 0 Å². The molecule has 0 spiro atoms. The Balaban J connectivity index is 0.964. The third-order valence-corrected chi connectivity index (χ3v) is 22.5. The third-order valence-electron chi connectivity index (χ3n) is 22.5. The number of para-hydroxylation sites is 7. The lowest BCUT2D eigenvalue weighted by molar-refractivity contribution is 0.590. The number of hydrogen-bond acceptors (Lipinski definition) is 2. The average Bonchev–Trinajstić information content (AvgIpc) is 1.59. The molecule has 0 fully saturated rings. The lowest BCUT2D eigenvalue weighted by Gasteiger charge is -2.46. The molecule has 2 aliphatic heterocycles. The molecule has 5 nitrogen and oxygen atoms in total. The van der Waals surface area contributed by atoms with Crippen molar-refractivity contribution in [1.29, 1.82) is 0 Å². The summed E-state index contributed by atoms with van der Waals surface area (Å²) < 4.78 is 77.0.